The largest absolute Gasteiger partial charge is 0.485 e. The van der Waals surface area contributed by atoms with Gasteiger partial charge in [0.1, 0.15) is 17.1 Å². The zero-order chi connectivity index (χ0) is 15.8. The molecule has 1 atom stereocenters. The van der Waals surface area contributed by atoms with Crippen LogP contribution in [0.4, 0.5) is 0 Å². The van der Waals surface area contributed by atoms with E-state index in [-0.39, 0.29) is 11.5 Å². The van der Waals surface area contributed by atoms with Crippen molar-refractivity contribution >= 4 is 15.9 Å². The predicted octanol–water partition coefficient (Wildman–Crippen LogP) is 0.532. The number of ether oxygens (including phenoxy) is 1. The molecule has 6 nitrogen and oxygen atoms in total. The summed E-state index contributed by atoms with van der Waals surface area (Å²) in [5.74, 6) is 0.00970. The highest BCUT2D eigenvalue weighted by Crippen LogP contribution is 2.38. The van der Waals surface area contributed by atoms with E-state index < -0.39 is 15.8 Å². The highest BCUT2D eigenvalue weighted by molar-refractivity contribution is 7.90. The van der Waals surface area contributed by atoms with Gasteiger partial charge in [-0.15, -0.1) is 0 Å². The number of hydrogen-bond acceptors (Lipinski definition) is 4. The second kappa shape index (κ2) is 5.55. The summed E-state index contributed by atoms with van der Waals surface area (Å²) in [7, 11) is -2.21. The molecule has 7 heteroatoms. The van der Waals surface area contributed by atoms with Gasteiger partial charge in [-0.25, -0.2) is 13.1 Å². The maximum atomic E-state index is 12.1. The first kappa shape index (κ1) is 15.3. The number of benzene rings is 1. The Hall–Kier alpha value is -1.60. The van der Waals surface area contributed by atoms with Crippen molar-refractivity contribution in [1.82, 2.24) is 9.62 Å². The summed E-state index contributed by atoms with van der Waals surface area (Å²) in [6.07, 6.45) is 2.52. The molecule has 0 radical (unpaired) electrons. The van der Waals surface area contributed by atoms with Gasteiger partial charge in [0.15, 0.2) is 0 Å². The Morgan fingerprint density at radius 3 is 2.91 bits per heavy atom. The number of nitrogens with zero attached hydrogens (tertiary/aromatic N) is 1. The number of para-hydroxylation sites is 1. The predicted molar refractivity (Wildman–Crippen MR) is 82.2 cm³/mol. The van der Waals surface area contributed by atoms with E-state index in [2.05, 4.69) is 10.8 Å². The van der Waals surface area contributed by atoms with E-state index in [9.17, 15) is 13.2 Å². The first-order valence-corrected chi connectivity index (χ1v) is 9.04. The van der Waals surface area contributed by atoms with Crippen molar-refractivity contribution in [3.8, 4) is 5.75 Å². The van der Waals surface area contributed by atoms with Gasteiger partial charge in [0.25, 0.3) is 0 Å². The molecule has 1 fully saturated rings. The third-order valence-electron chi connectivity index (χ3n) is 4.44. The van der Waals surface area contributed by atoms with Crippen LogP contribution < -0.4 is 9.46 Å². The average molecular weight is 324 g/mol. The smallest absolute Gasteiger partial charge is 0.239 e. The summed E-state index contributed by atoms with van der Waals surface area (Å²) in [5.41, 5.74) is 0.823. The Morgan fingerprint density at radius 1 is 1.36 bits per heavy atom. The first-order valence-electron chi connectivity index (χ1n) is 7.39. The molecule has 1 amide bonds. The molecule has 0 aromatic heterocycles. The summed E-state index contributed by atoms with van der Waals surface area (Å²) in [4.78, 5) is 13.7. The summed E-state index contributed by atoms with van der Waals surface area (Å²) in [5, 5.41) is 0. The average Bonchev–Trinajstić information content (AvgIpc) is 2.90. The fourth-order valence-corrected chi connectivity index (χ4v) is 3.78. The third-order valence-corrected chi connectivity index (χ3v) is 5.69. The fraction of sp³-hybridized carbons (Fsp3) is 0.533. The van der Waals surface area contributed by atoms with Crippen molar-refractivity contribution in [3.05, 3.63) is 29.8 Å². The van der Waals surface area contributed by atoms with Crippen LogP contribution in [0.25, 0.3) is 0 Å². The molecule has 3 rings (SSSR count). The first-order chi connectivity index (χ1) is 10.4. The molecule has 120 valence electrons. The van der Waals surface area contributed by atoms with Crippen LogP contribution in [0.5, 0.6) is 5.75 Å². The monoisotopic (exact) mass is 324 g/mol. The zero-order valence-electron chi connectivity index (χ0n) is 12.5. The third kappa shape index (κ3) is 2.96. The highest BCUT2D eigenvalue weighted by atomic mass is 32.2. The topological polar surface area (TPSA) is 75.7 Å². The zero-order valence-corrected chi connectivity index (χ0v) is 13.4. The van der Waals surface area contributed by atoms with Crippen molar-refractivity contribution in [1.29, 1.82) is 0 Å². The highest BCUT2D eigenvalue weighted by Gasteiger charge is 2.44. The molecule has 1 spiro atoms. The van der Waals surface area contributed by atoms with Crippen molar-refractivity contribution in [3.63, 3.8) is 0 Å². The minimum atomic E-state index is -3.53. The fourth-order valence-electron chi connectivity index (χ4n) is 3.13. The lowest BCUT2D eigenvalue weighted by Gasteiger charge is -2.35. The van der Waals surface area contributed by atoms with Crippen LogP contribution in [-0.2, 0) is 21.2 Å². The summed E-state index contributed by atoms with van der Waals surface area (Å²) < 4.78 is 31.3. The van der Waals surface area contributed by atoms with Gasteiger partial charge in [0, 0.05) is 13.0 Å². The molecule has 0 saturated carbocycles. The number of aryl methyl sites for hydroxylation is 1. The Labute approximate surface area is 130 Å². The standard InChI is InChI=1S/C15H20N2O4S/c1-16-22(19,20)10-14(18)17-9-8-15(11-17)7-6-12-4-2-3-5-13(12)21-15/h2-5,16H,6-11H2,1H3/t15-/m1/s1. The van der Waals surface area contributed by atoms with Gasteiger partial charge in [-0.3, -0.25) is 4.79 Å². The van der Waals surface area contributed by atoms with E-state index >= 15 is 0 Å². The number of fused-ring (bicyclic) bond motifs is 1. The second-order valence-corrected chi connectivity index (χ2v) is 7.85. The summed E-state index contributed by atoms with van der Waals surface area (Å²) in [6.45, 7) is 1.000. The van der Waals surface area contributed by atoms with Crippen molar-refractivity contribution in [2.75, 3.05) is 25.9 Å². The van der Waals surface area contributed by atoms with E-state index in [0.717, 1.165) is 25.0 Å². The maximum Gasteiger partial charge on any atom is 0.239 e. The Kier molecular flexibility index (Phi) is 3.86. The van der Waals surface area contributed by atoms with Crippen LogP contribution in [-0.4, -0.2) is 50.7 Å². The van der Waals surface area contributed by atoms with Crippen molar-refractivity contribution in [2.45, 2.75) is 24.9 Å². The molecule has 2 heterocycles. The van der Waals surface area contributed by atoms with Crippen LogP contribution in [0.1, 0.15) is 18.4 Å². The van der Waals surface area contributed by atoms with Gasteiger partial charge in [-0.1, -0.05) is 18.2 Å². The van der Waals surface area contributed by atoms with Crippen molar-refractivity contribution in [2.24, 2.45) is 0 Å². The minimum Gasteiger partial charge on any atom is -0.485 e. The van der Waals surface area contributed by atoms with E-state index in [1.807, 2.05) is 18.2 Å². The molecule has 0 aliphatic carbocycles. The van der Waals surface area contributed by atoms with Gasteiger partial charge >= 0.3 is 0 Å². The number of carbonyl (C=O) groups excluding carboxylic acids is 1. The van der Waals surface area contributed by atoms with Crippen LogP contribution in [0.2, 0.25) is 0 Å². The Bertz CT molecular complexity index is 689. The number of rotatable bonds is 3. The maximum absolute atomic E-state index is 12.1. The molecular weight excluding hydrogens is 304 g/mol. The molecule has 1 N–H and O–H groups in total. The normalized spacial score (nSPS) is 24.1. The quantitative estimate of drug-likeness (QED) is 0.880. The minimum absolute atomic E-state index is 0.367. The van der Waals surface area contributed by atoms with E-state index in [4.69, 9.17) is 4.74 Å². The lowest BCUT2D eigenvalue weighted by atomic mass is 9.90. The van der Waals surface area contributed by atoms with Crippen LogP contribution in [0, 0.1) is 0 Å². The molecule has 2 aliphatic heterocycles. The van der Waals surface area contributed by atoms with Gasteiger partial charge in [0.05, 0.1) is 6.54 Å². The lowest BCUT2D eigenvalue weighted by Crippen LogP contribution is -2.44. The van der Waals surface area contributed by atoms with E-state index in [1.54, 1.807) is 4.90 Å². The Morgan fingerprint density at radius 2 is 2.14 bits per heavy atom. The molecular formula is C15H20N2O4S. The number of nitrogens with one attached hydrogen (secondary N) is 1. The van der Waals surface area contributed by atoms with Gasteiger partial charge in [-0.05, 0) is 31.5 Å². The van der Waals surface area contributed by atoms with Gasteiger partial charge in [-0.2, -0.15) is 0 Å². The SMILES string of the molecule is CNS(=O)(=O)CC(=O)N1CC[C@]2(CCc3ccccc3O2)C1. The van der Waals surface area contributed by atoms with Crippen LogP contribution in [0.15, 0.2) is 24.3 Å². The molecule has 0 bridgehead atoms. The summed E-state index contributed by atoms with van der Waals surface area (Å²) >= 11 is 0. The van der Waals surface area contributed by atoms with E-state index in [0.29, 0.717) is 13.1 Å². The summed E-state index contributed by atoms with van der Waals surface area (Å²) in [6, 6.07) is 7.94. The molecule has 1 aromatic rings. The lowest BCUT2D eigenvalue weighted by molar-refractivity contribution is -0.128. The van der Waals surface area contributed by atoms with Gasteiger partial charge < -0.3 is 9.64 Å². The number of hydrogen-bond donors (Lipinski definition) is 1. The molecule has 1 saturated heterocycles. The number of sulfonamides is 1. The van der Waals surface area contributed by atoms with Crippen LogP contribution >= 0.6 is 0 Å². The van der Waals surface area contributed by atoms with E-state index in [1.165, 1.54) is 12.6 Å². The Balaban J connectivity index is 1.69. The number of amides is 1. The molecule has 2 aliphatic rings. The molecule has 22 heavy (non-hydrogen) atoms. The van der Waals surface area contributed by atoms with Gasteiger partial charge in [0.2, 0.25) is 15.9 Å². The molecule has 0 unspecified atom stereocenters. The molecule has 1 aromatic carbocycles. The number of carbonyl (C=O) groups is 1. The van der Waals surface area contributed by atoms with Crippen molar-refractivity contribution < 1.29 is 17.9 Å². The number of likely N-dealkylation sites (tertiary alicyclic amines) is 1. The second-order valence-electron chi connectivity index (χ2n) is 5.92. The van der Waals surface area contributed by atoms with Crippen LogP contribution in [0.3, 0.4) is 0 Å².